The molecule has 0 aromatic heterocycles. The van der Waals surface area contributed by atoms with Crippen molar-refractivity contribution in [1.29, 1.82) is 0 Å². The number of hydrogen-bond acceptors (Lipinski definition) is 1. The molecule has 0 bridgehead atoms. The molecule has 128 valence electrons. The van der Waals surface area contributed by atoms with Crippen LogP contribution in [-0.2, 0) is 0 Å². The van der Waals surface area contributed by atoms with Crippen molar-refractivity contribution >= 4 is 33.1 Å². The third-order valence-electron chi connectivity index (χ3n) is 5.61. The van der Waals surface area contributed by atoms with Crippen LogP contribution in [0.2, 0.25) is 5.02 Å². The molecule has 0 radical (unpaired) electrons. The highest BCUT2D eigenvalue weighted by Crippen LogP contribution is 2.54. The van der Waals surface area contributed by atoms with E-state index in [1.54, 1.807) is 0 Å². The second kappa shape index (κ2) is 5.49. The maximum absolute atomic E-state index is 6.67. The van der Waals surface area contributed by atoms with E-state index in [2.05, 4.69) is 50.2 Å². The van der Waals surface area contributed by atoms with Crippen molar-refractivity contribution in [2.24, 2.45) is 0 Å². The second-order valence-electron chi connectivity index (χ2n) is 6.94. The minimum Gasteiger partial charge on any atom is -0.493 e. The van der Waals surface area contributed by atoms with Crippen LogP contribution in [0.4, 0.5) is 0 Å². The highest BCUT2D eigenvalue weighted by atomic mass is 35.5. The Morgan fingerprint density at radius 2 is 1.38 bits per heavy atom. The SMILES string of the molecule is CCOc1ccc(Cl)c2c(C)c3c(c(C)c12)-c1cccc2cccc-3c12. The molecule has 1 aliphatic rings. The monoisotopic (exact) mass is 358 g/mol. The number of hydrogen-bond donors (Lipinski definition) is 0. The first-order valence-electron chi connectivity index (χ1n) is 9.04. The fraction of sp³-hybridized carbons (Fsp3) is 0.167. The van der Waals surface area contributed by atoms with Crippen LogP contribution in [0.3, 0.4) is 0 Å². The Kier molecular flexibility index (Phi) is 3.32. The van der Waals surface area contributed by atoms with Crippen LogP contribution in [0, 0.1) is 13.8 Å². The molecule has 4 aromatic carbocycles. The molecule has 5 rings (SSSR count). The maximum Gasteiger partial charge on any atom is 0.127 e. The predicted octanol–water partition coefficient (Wildman–Crippen LogP) is 7.31. The molecule has 0 aliphatic heterocycles. The van der Waals surface area contributed by atoms with Crippen LogP contribution in [-0.4, -0.2) is 6.61 Å². The van der Waals surface area contributed by atoms with Gasteiger partial charge < -0.3 is 4.74 Å². The van der Waals surface area contributed by atoms with Crippen LogP contribution in [0.5, 0.6) is 5.75 Å². The van der Waals surface area contributed by atoms with Gasteiger partial charge in [0.1, 0.15) is 5.75 Å². The van der Waals surface area contributed by atoms with E-state index in [1.165, 1.54) is 44.2 Å². The summed E-state index contributed by atoms with van der Waals surface area (Å²) in [4.78, 5) is 0. The summed E-state index contributed by atoms with van der Waals surface area (Å²) < 4.78 is 5.96. The van der Waals surface area contributed by atoms with Crippen LogP contribution in [0.25, 0.3) is 43.8 Å². The summed E-state index contributed by atoms with van der Waals surface area (Å²) in [5, 5.41) is 5.67. The lowest BCUT2D eigenvalue weighted by atomic mass is 9.88. The Bertz CT molecular complexity index is 1220. The molecule has 0 atom stereocenters. The van der Waals surface area contributed by atoms with E-state index in [0.717, 1.165) is 21.5 Å². The Labute approximate surface area is 158 Å². The first-order valence-corrected chi connectivity index (χ1v) is 9.42. The Hall–Kier alpha value is -2.51. The van der Waals surface area contributed by atoms with Crippen LogP contribution >= 0.6 is 11.6 Å². The molecule has 0 heterocycles. The molecule has 1 nitrogen and oxygen atoms in total. The minimum atomic E-state index is 0.641. The second-order valence-corrected chi connectivity index (χ2v) is 7.34. The van der Waals surface area contributed by atoms with Gasteiger partial charge in [-0.25, -0.2) is 0 Å². The van der Waals surface area contributed by atoms with Crippen LogP contribution < -0.4 is 4.74 Å². The molecule has 0 unspecified atom stereocenters. The summed E-state index contributed by atoms with van der Waals surface area (Å²) in [6, 6.07) is 17.1. The lowest BCUT2D eigenvalue weighted by Gasteiger charge is -2.19. The third-order valence-corrected chi connectivity index (χ3v) is 5.92. The number of aryl methyl sites for hydroxylation is 2. The zero-order valence-corrected chi connectivity index (χ0v) is 15.9. The average molecular weight is 359 g/mol. The number of fused-ring (bicyclic) bond motifs is 4. The smallest absolute Gasteiger partial charge is 0.127 e. The van der Waals surface area contributed by atoms with Crippen molar-refractivity contribution in [3.63, 3.8) is 0 Å². The van der Waals surface area contributed by atoms with E-state index < -0.39 is 0 Å². The highest BCUT2D eigenvalue weighted by molar-refractivity contribution is 6.37. The van der Waals surface area contributed by atoms with Gasteiger partial charge >= 0.3 is 0 Å². The molecular formula is C24H19ClO. The lowest BCUT2D eigenvalue weighted by Crippen LogP contribution is -1.97. The first-order chi connectivity index (χ1) is 12.6. The van der Waals surface area contributed by atoms with Crippen molar-refractivity contribution in [1.82, 2.24) is 0 Å². The summed E-state index contributed by atoms with van der Waals surface area (Å²) in [5.41, 5.74) is 7.75. The lowest BCUT2D eigenvalue weighted by molar-refractivity contribution is 0.344. The fourth-order valence-corrected chi connectivity index (χ4v) is 4.93. The predicted molar refractivity (Wildman–Crippen MR) is 112 cm³/mol. The highest BCUT2D eigenvalue weighted by Gasteiger charge is 2.28. The zero-order valence-electron chi connectivity index (χ0n) is 15.1. The number of rotatable bonds is 2. The van der Waals surface area contributed by atoms with Gasteiger partial charge in [-0.1, -0.05) is 48.0 Å². The summed E-state index contributed by atoms with van der Waals surface area (Å²) in [5.74, 6) is 0.915. The Morgan fingerprint density at radius 3 is 2.00 bits per heavy atom. The number of benzene rings is 4. The molecule has 0 amide bonds. The van der Waals surface area contributed by atoms with E-state index >= 15 is 0 Å². The molecule has 2 heteroatoms. The van der Waals surface area contributed by atoms with Gasteiger partial charge in [-0.05, 0) is 77.1 Å². The number of ether oxygens (including phenoxy) is 1. The van der Waals surface area contributed by atoms with Crippen molar-refractivity contribution in [2.45, 2.75) is 20.8 Å². The largest absolute Gasteiger partial charge is 0.493 e. The van der Waals surface area contributed by atoms with Gasteiger partial charge in [0.05, 0.1) is 6.61 Å². The van der Waals surface area contributed by atoms with Gasteiger partial charge in [-0.2, -0.15) is 0 Å². The fourth-order valence-electron chi connectivity index (χ4n) is 4.63. The summed E-state index contributed by atoms with van der Waals surface area (Å²) in [6.07, 6.45) is 0. The van der Waals surface area contributed by atoms with E-state index in [4.69, 9.17) is 16.3 Å². The third kappa shape index (κ3) is 1.87. The average Bonchev–Trinajstić information content (AvgIpc) is 2.99. The molecule has 0 spiro atoms. The molecule has 0 saturated heterocycles. The summed E-state index contributed by atoms with van der Waals surface area (Å²) >= 11 is 6.67. The van der Waals surface area contributed by atoms with Crippen LogP contribution in [0.1, 0.15) is 18.1 Å². The Balaban J connectivity index is 2.04. The maximum atomic E-state index is 6.67. The summed E-state index contributed by atoms with van der Waals surface area (Å²) in [7, 11) is 0. The Morgan fingerprint density at radius 1 is 0.769 bits per heavy atom. The van der Waals surface area contributed by atoms with Gasteiger partial charge in [0, 0.05) is 15.8 Å². The van der Waals surface area contributed by atoms with Gasteiger partial charge in [0.15, 0.2) is 0 Å². The quantitative estimate of drug-likeness (QED) is 0.321. The molecule has 0 saturated carbocycles. The van der Waals surface area contributed by atoms with Crippen molar-refractivity contribution < 1.29 is 4.74 Å². The molecule has 4 aromatic rings. The normalized spacial score (nSPS) is 12.0. The van der Waals surface area contributed by atoms with Crippen molar-refractivity contribution in [3.05, 3.63) is 64.7 Å². The molecule has 1 aliphatic carbocycles. The van der Waals surface area contributed by atoms with E-state index in [1.807, 2.05) is 19.1 Å². The standard InChI is InChI=1S/C24H19ClO/c1-4-26-19-12-11-18(25)22-13(2)20-16-9-5-7-15-8-6-10-17(24(15)16)21(20)14(3)23(19)22/h5-12H,4H2,1-3H3. The molecule has 0 fully saturated rings. The molecular weight excluding hydrogens is 340 g/mol. The minimum absolute atomic E-state index is 0.641. The summed E-state index contributed by atoms with van der Waals surface area (Å²) in [6.45, 7) is 7.05. The van der Waals surface area contributed by atoms with E-state index in [0.29, 0.717) is 6.61 Å². The van der Waals surface area contributed by atoms with Gasteiger partial charge in [0.25, 0.3) is 0 Å². The van der Waals surface area contributed by atoms with E-state index in [-0.39, 0.29) is 0 Å². The topological polar surface area (TPSA) is 9.23 Å². The van der Waals surface area contributed by atoms with Gasteiger partial charge in [-0.3, -0.25) is 0 Å². The van der Waals surface area contributed by atoms with Gasteiger partial charge in [-0.15, -0.1) is 0 Å². The van der Waals surface area contributed by atoms with Crippen molar-refractivity contribution in [3.8, 4) is 28.0 Å². The van der Waals surface area contributed by atoms with Crippen molar-refractivity contribution in [2.75, 3.05) is 6.61 Å². The molecule has 0 N–H and O–H groups in total. The van der Waals surface area contributed by atoms with Crippen LogP contribution in [0.15, 0.2) is 48.5 Å². The molecule has 26 heavy (non-hydrogen) atoms. The zero-order chi connectivity index (χ0) is 18.0. The number of halogens is 1. The first kappa shape index (κ1) is 15.7. The van der Waals surface area contributed by atoms with E-state index in [9.17, 15) is 0 Å². The van der Waals surface area contributed by atoms with Gasteiger partial charge in [0.2, 0.25) is 0 Å².